The molecule has 184 valence electrons. The standard InChI is InChI=1S/C25H34N4O4S/c1-6-29(7-2)34(31,32)20-12-13-22-21(16-20)27-24(28(22)5)14-15-25(30)26-17-19-10-8-9-11-23(19)33-18(3)4/h8-13,16,18H,6-7,14-15,17H2,1-5H3,(H,26,30). The van der Waals surface area contributed by atoms with Gasteiger partial charge in [-0.2, -0.15) is 4.31 Å². The summed E-state index contributed by atoms with van der Waals surface area (Å²) < 4.78 is 34.8. The molecule has 1 aromatic heterocycles. The summed E-state index contributed by atoms with van der Waals surface area (Å²) in [6.45, 7) is 8.78. The fraction of sp³-hybridized carbons (Fsp3) is 0.440. The van der Waals surface area contributed by atoms with Crippen molar-refractivity contribution in [3.05, 3.63) is 53.9 Å². The molecule has 0 atom stereocenters. The quantitative estimate of drug-likeness (QED) is 0.447. The molecule has 0 aliphatic rings. The molecule has 0 saturated carbocycles. The van der Waals surface area contributed by atoms with Crippen LogP contribution in [0, 0.1) is 0 Å². The highest BCUT2D eigenvalue weighted by molar-refractivity contribution is 7.89. The number of nitrogens with one attached hydrogen (secondary N) is 1. The summed E-state index contributed by atoms with van der Waals surface area (Å²) in [5.74, 6) is 1.41. The van der Waals surface area contributed by atoms with Gasteiger partial charge in [-0.3, -0.25) is 4.79 Å². The maximum absolute atomic E-state index is 12.8. The van der Waals surface area contributed by atoms with Crippen molar-refractivity contribution in [2.75, 3.05) is 13.1 Å². The molecule has 1 N–H and O–H groups in total. The summed E-state index contributed by atoms with van der Waals surface area (Å²) >= 11 is 0. The highest BCUT2D eigenvalue weighted by Crippen LogP contribution is 2.23. The summed E-state index contributed by atoms with van der Waals surface area (Å²) in [6, 6.07) is 12.7. The highest BCUT2D eigenvalue weighted by atomic mass is 32.2. The summed E-state index contributed by atoms with van der Waals surface area (Å²) in [4.78, 5) is 17.3. The zero-order valence-corrected chi connectivity index (χ0v) is 21.4. The minimum atomic E-state index is -3.56. The van der Waals surface area contributed by atoms with E-state index in [4.69, 9.17) is 4.74 Å². The van der Waals surface area contributed by atoms with Crippen LogP contribution in [0.25, 0.3) is 11.0 Å². The van der Waals surface area contributed by atoms with Gasteiger partial charge in [0.15, 0.2) is 0 Å². The van der Waals surface area contributed by atoms with Crippen molar-refractivity contribution in [3.8, 4) is 5.75 Å². The summed E-state index contributed by atoms with van der Waals surface area (Å²) in [5, 5.41) is 2.95. The van der Waals surface area contributed by atoms with Crippen LogP contribution in [0.15, 0.2) is 47.4 Å². The molecule has 3 rings (SSSR count). The fourth-order valence-corrected chi connectivity index (χ4v) is 5.33. The molecule has 3 aromatic rings. The minimum absolute atomic E-state index is 0.0527. The summed E-state index contributed by atoms with van der Waals surface area (Å²) in [7, 11) is -1.68. The Labute approximate surface area is 202 Å². The topological polar surface area (TPSA) is 93.5 Å². The predicted octanol–water partition coefficient (Wildman–Crippen LogP) is 3.64. The Morgan fingerprint density at radius 1 is 1.15 bits per heavy atom. The Morgan fingerprint density at radius 3 is 2.53 bits per heavy atom. The fourth-order valence-electron chi connectivity index (χ4n) is 3.85. The van der Waals surface area contributed by atoms with E-state index in [1.807, 2.05) is 63.6 Å². The number of fused-ring (bicyclic) bond motifs is 1. The second-order valence-electron chi connectivity index (χ2n) is 8.38. The van der Waals surface area contributed by atoms with Crippen molar-refractivity contribution in [3.63, 3.8) is 0 Å². The molecule has 0 aliphatic heterocycles. The summed E-state index contributed by atoms with van der Waals surface area (Å²) in [5.41, 5.74) is 2.36. The van der Waals surface area contributed by atoms with Crippen LogP contribution in [-0.4, -0.2) is 47.4 Å². The van der Waals surface area contributed by atoms with Crippen LogP contribution < -0.4 is 10.1 Å². The molecule has 0 fully saturated rings. The lowest BCUT2D eigenvalue weighted by Gasteiger charge is -2.18. The number of carbonyl (C=O) groups is 1. The first-order valence-electron chi connectivity index (χ1n) is 11.6. The molecule has 9 heteroatoms. The number of hydrogen-bond donors (Lipinski definition) is 1. The number of aryl methyl sites for hydroxylation is 2. The van der Waals surface area contributed by atoms with Crippen molar-refractivity contribution < 1.29 is 17.9 Å². The number of carbonyl (C=O) groups excluding carboxylic acids is 1. The van der Waals surface area contributed by atoms with E-state index < -0.39 is 10.0 Å². The minimum Gasteiger partial charge on any atom is -0.491 e. The number of hydrogen-bond acceptors (Lipinski definition) is 5. The molecule has 2 aromatic carbocycles. The van der Waals surface area contributed by atoms with Gasteiger partial charge >= 0.3 is 0 Å². The third kappa shape index (κ3) is 5.77. The smallest absolute Gasteiger partial charge is 0.243 e. The highest BCUT2D eigenvalue weighted by Gasteiger charge is 2.22. The number of aromatic nitrogens is 2. The van der Waals surface area contributed by atoms with Crippen LogP contribution >= 0.6 is 0 Å². The van der Waals surface area contributed by atoms with Gasteiger partial charge < -0.3 is 14.6 Å². The predicted molar refractivity (Wildman–Crippen MR) is 133 cm³/mol. The molecule has 0 unspecified atom stereocenters. The van der Waals surface area contributed by atoms with E-state index in [0.717, 1.165) is 22.7 Å². The Morgan fingerprint density at radius 2 is 1.85 bits per heavy atom. The van der Waals surface area contributed by atoms with Crippen LogP contribution in [0.2, 0.25) is 0 Å². The van der Waals surface area contributed by atoms with Crippen molar-refractivity contribution in [2.45, 2.75) is 58.1 Å². The molecule has 34 heavy (non-hydrogen) atoms. The second kappa shape index (κ2) is 11.0. The number of para-hydroxylation sites is 1. The summed E-state index contributed by atoms with van der Waals surface area (Å²) in [6.07, 6.45) is 0.769. The zero-order chi connectivity index (χ0) is 24.9. The third-order valence-electron chi connectivity index (χ3n) is 5.68. The number of imidazole rings is 1. The monoisotopic (exact) mass is 486 g/mol. The van der Waals surface area contributed by atoms with Crippen molar-refractivity contribution >= 4 is 27.0 Å². The van der Waals surface area contributed by atoms with Crippen LogP contribution in [0.5, 0.6) is 5.75 Å². The lowest BCUT2D eigenvalue weighted by molar-refractivity contribution is -0.121. The molecule has 0 bridgehead atoms. The van der Waals surface area contributed by atoms with E-state index in [1.165, 1.54) is 4.31 Å². The first-order valence-corrected chi connectivity index (χ1v) is 13.1. The Hall–Kier alpha value is -2.91. The molecule has 1 amide bonds. The lowest BCUT2D eigenvalue weighted by atomic mass is 10.2. The van der Waals surface area contributed by atoms with Crippen LogP contribution in [0.4, 0.5) is 0 Å². The normalized spacial score (nSPS) is 12.0. The molecule has 0 saturated heterocycles. The van der Waals surface area contributed by atoms with Gasteiger partial charge in [0.2, 0.25) is 15.9 Å². The van der Waals surface area contributed by atoms with Gasteiger partial charge in [-0.25, -0.2) is 13.4 Å². The van der Waals surface area contributed by atoms with Crippen molar-refractivity contribution in [1.82, 2.24) is 19.2 Å². The second-order valence-corrected chi connectivity index (χ2v) is 10.3. The van der Waals surface area contributed by atoms with Gasteiger partial charge in [0.25, 0.3) is 0 Å². The number of nitrogens with zero attached hydrogens (tertiary/aromatic N) is 3. The maximum Gasteiger partial charge on any atom is 0.243 e. The molecule has 0 radical (unpaired) electrons. The van der Waals surface area contributed by atoms with Crippen LogP contribution in [0.3, 0.4) is 0 Å². The van der Waals surface area contributed by atoms with Gasteiger partial charge in [0.1, 0.15) is 11.6 Å². The van der Waals surface area contributed by atoms with Crippen LogP contribution in [0.1, 0.15) is 45.5 Å². The molecular weight excluding hydrogens is 452 g/mol. The maximum atomic E-state index is 12.8. The average molecular weight is 487 g/mol. The van der Waals surface area contributed by atoms with Gasteiger partial charge in [-0.15, -0.1) is 0 Å². The first kappa shape index (κ1) is 25.7. The van der Waals surface area contributed by atoms with E-state index in [1.54, 1.807) is 18.2 Å². The molecule has 8 nitrogen and oxygen atoms in total. The van der Waals surface area contributed by atoms with Gasteiger partial charge in [0, 0.05) is 45.1 Å². The largest absolute Gasteiger partial charge is 0.491 e. The molecule has 0 spiro atoms. The van der Waals surface area contributed by atoms with E-state index in [-0.39, 0.29) is 23.3 Å². The average Bonchev–Trinajstić information content (AvgIpc) is 3.12. The third-order valence-corrected chi connectivity index (χ3v) is 7.72. The van der Waals surface area contributed by atoms with Gasteiger partial charge in [0.05, 0.1) is 22.0 Å². The Bertz CT molecular complexity index is 1250. The number of rotatable bonds is 11. The van der Waals surface area contributed by atoms with E-state index >= 15 is 0 Å². The number of amides is 1. The van der Waals surface area contributed by atoms with Gasteiger partial charge in [-0.05, 0) is 38.1 Å². The van der Waals surface area contributed by atoms with E-state index in [0.29, 0.717) is 31.6 Å². The number of sulfonamides is 1. The SMILES string of the molecule is CCN(CC)S(=O)(=O)c1ccc2c(c1)nc(CCC(=O)NCc1ccccc1OC(C)C)n2C. The number of benzene rings is 2. The van der Waals surface area contributed by atoms with Crippen molar-refractivity contribution in [2.24, 2.45) is 7.05 Å². The first-order chi connectivity index (χ1) is 16.2. The zero-order valence-electron chi connectivity index (χ0n) is 20.5. The van der Waals surface area contributed by atoms with Crippen molar-refractivity contribution in [1.29, 1.82) is 0 Å². The van der Waals surface area contributed by atoms with E-state index in [2.05, 4.69) is 10.3 Å². The molecular formula is C25H34N4O4S. The molecule has 1 heterocycles. The Kier molecular flexibility index (Phi) is 8.33. The lowest BCUT2D eigenvalue weighted by Crippen LogP contribution is -2.30. The van der Waals surface area contributed by atoms with E-state index in [9.17, 15) is 13.2 Å². The van der Waals surface area contributed by atoms with Crippen LogP contribution in [-0.2, 0) is 34.8 Å². The Balaban J connectivity index is 1.68. The number of ether oxygens (including phenoxy) is 1. The van der Waals surface area contributed by atoms with Gasteiger partial charge in [-0.1, -0.05) is 32.0 Å². The molecule has 0 aliphatic carbocycles.